The Morgan fingerprint density at radius 2 is 2.14 bits per heavy atom. The molecule has 0 aromatic carbocycles. The fourth-order valence-electron chi connectivity index (χ4n) is 0.198. The Bertz CT molecular complexity index is 66.6. The Balaban J connectivity index is 3.34. The molecule has 0 rings (SSSR count). The van der Waals surface area contributed by atoms with E-state index in [0.29, 0.717) is 0 Å². The molecule has 0 fully saturated rings. The smallest absolute Gasteiger partial charge is 0.340 e. The Morgan fingerprint density at radius 3 is 2.14 bits per heavy atom. The monoisotopic (exact) mass is 136 g/mol. The van der Waals surface area contributed by atoms with Crippen molar-refractivity contribution in [2.24, 2.45) is 0 Å². The molecule has 0 aliphatic heterocycles. The van der Waals surface area contributed by atoms with E-state index in [9.17, 15) is 0 Å². The second-order valence-corrected chi connectivity index (χ2v) is 7.34. The normalized spacial score (nSPS) is 10.7. The fraction of sp³-hybridized carbons (Fsp3) is 0.500. The highest BCUT2D eigenvalue weighted by Gasteiger charge is 2.16. The molecule has 0 spiro atoms. The SMILES string of the molecule is C=CO[Si](C)(C)Cl. The van der Waals surface area contributed by atoms with Crippen LogP contribution in [0.15, 0.2) is 12.8 Å². The van der Waals surface area contributed by atoms with E-state index in [0.717, 1.165) is 0 Å². The van der Waals surface area contributed by atoms with Gasteiger partial charge in [0.05, 0.1) is 6.26 Å². The highest BCUT2D eigenvalue weighted by atomic mass is 35.6. The first kappa shape index (κ1) is 7.05. The predicted octanol–water partition coefficient (Wildman–Crippen LogP) is 2.09. The molecule has 0 atom stereocenters. The summed E-state index contributed by atoms with van der Waals surface area (Å²) in [6.45, 7) is 7.14. The summed E-state index contributed by atoms with van der Waals surface area (Å²) in [5.41, 5.74) is 0. The highest BCUT2D eigenvalue weighted by molar-refractivity contribution is 7.15. The summed E-state index contributed by atoms with van der Waals surface area (Å²) in [4.78, 5) is 0. The van der Waals surface area contributed by atoms with Crippen molar-refractivity contribution in [3.05, 3.63) is 12.8 Å². The van der Waals surface area contributed by atoms with Gasteiger partial charge in [0.1, 0.15) is 0 Å². The van der Waals surface area contributed by atoms with Crippen LogP contribution in [0.3, 0.4) is 0 Å². The van der Waals surface area contributed by atoms with Crippen LogP contribution in [0.2, 0.25) is 13.1 Å². The topological polar surface area (TPSA) is 9.23 Å². The van der Waals surface area contributed by atoms with Crippen LogP contribution in [0.5, 0.6) is 0 Å². The van der Waals surface area contributed by atoms with Crippen LogP contribution in [0.4, 0.5) is 0 Å². The van der Waals surface area contributed by atoms with Gasteiger partial charge in [-0.2, -0.15) is 0 Å². The van der Waals surface area contributed by atoms with Gasteiger partial charge < -0.3 is 4.43 Å². The standard InChI is InChI=1S/C4H9ClOSi/c1-4-6-7(2,3)5/h4H,1H2,2-3H3. The first-order valence-electron chi connectivity index (χ1n) is 2.04. The Labute approximate surface area is 49.8 Å². The minimum absolute atomic E-state index is 1.39. The van der Waals surface area contributed by atoms with Gasteiger partial charge in [-0.25, -0.2) is 0 Å². The van der Waals surface area contributed by atoms with E-state index in [1.165, 1.54) is 6.26 Å². The van der Waals surface area contributed by atoms with Crippen molar-refractivity contribution >= 4 is 18.7 Å². The second kappa shape index (κ2) is 2.38. The molecule has 0 saturated carbocycles. The van der Waals surface area contributed by atoms with E-state index in [1.807, 2.05) is 13.1 Å². The molecular weight excluding hydrogens is 128 g/mol. The van der Waals surface area contributed by atoms with Gasteiger partial charge in [-0.05, 0) is 13.1 Å². The van der Waals surface area contributed by atoms with Crippen molar-refractivity contribution in [3.8, 4) is 0 Å². The maximum absolute atomic E-state index is 5.68. The third-order valence-electron chi connectivity index (χ3n) is 0.364. The zero-order chi connectivity index (χ0) is 5.91. The first-order valence-corrected chi connectivity index (χ1v) is 5.96. The minimum atomic E-state index is -1.80. The lowest BCUT2D eigenvalue weighted by molar-refractivity contribution is 0.495. The molecule has 0 aromatic rings. The van der Waals surface area contributed by atoms with Crippen molar-refractivity contribution in [2.45, 2.75) is 13.1 Å². The average molecular weight is 137 g/mol. The van der Waals surface area contributed by atoms with Crippen LogP contribution < -0.4 is 0 Å². The molecule has 7 heavy (non-hydrogen) atoms. The molecule has 1 nitrogen and oxygen atoms in total. The van der Waals surface area contributed by atoms with Crippen molar-refractivity contribution in [2.75, 3.05) is 0 Å². The summed E-state index contributed by atoms with van der Waals surface area (Å²) >= 11 is 5.68. The maximum atomic E-state index is 5.68. The largest absolute Gasteiger partial charge is 0.536 e. The zero-order valence-corrected chi connectivity index (χ0v) is 6.33. The van der Waals surface area contributed by atoms with E-state index >= 15 is 0 Å². The van der Waals surface area contributed by atoms with Gasteiger partial charge in [0, 0.05) is 0 Å². The summed E-state index contributed by atoms with van der Waals surface area (Å²) in [7, 11) is -1.80. The predicted molar refractivity (Wildman–Crippen MR) is 34.6 cm³/mol. The molecule has 0 bridgehead atoms. The van der Waals surface area contributed by atoms with Crippen LogP contribution in [-0.2, 0) is 4.43 Å². The zero-order valence-electron chi connectivity index (χ0n) is 4.57. The summed E-state index contributed by atoms with van der Waals surface area (Å²) in [5.74, 6) is 0. The number of hydrogen-bond acceptors (Lipinski definition) is 1. The van der Waals surface area contributed by atoms with Gasteiger partial charge in [-0.3, -0.25) is 0 Å². The molecule has 0 aromatic heterocycles. The van der Waals surface area contributed by atoms with Crippen LogP contribution >= 0.6 is 11.1 Å². The van der Waals surface area contributed by atoms with Crippen LogP contribution in [0.1, 0.15) is 0 Å². The lowest BCUT2D eigenvalue weighted by Crippen LogP contribution is -2.18. The summed E-state index contributed by atoms with van der Waals surface area (Å²) in [6.07, 6.45) is 1.39. The third-order valence-corrected chi connectivity index (χ3v) is 1.36. The quantitative estimate of drug-likeness (QED) is 0.321. The Kier molecular flexibility index (Phi) is 2.39. The van der Waals surface area contributed by atoms with Gasteiger partial charge in [0.25, 0.3) is 0 Å². The van der Waals surface area contributed by atoms with Crippen molar-refractivity contribution in [3.63, 3.8) is 0 Å². The second-order valence-electron chi connectivity index (χ2n) is 1.65. The third kappa shape index (κ3) is 6.05. The molecule has 0 aliphatic carbocycles. The summed E-state index contributed by atoms with van der Waals surface area (Å²) < 4.78 is 4.90. The van der Waals surface area contributed by atoms with Crippen LogP contribution in [0, 0.1) is 0 Å². The van der Waals surface area contributed by atoms with Gasteiger partial charge in [-0.15, -0.1) is 11.1 Å². The minimum Gasteiger partial charge on any atom is -0.536 e. The molecule has 42 valence electrons. The van der Waals surface area contributed by atoms with Gasteiger partial charge in [0.2, 0.25) is 0 Å². The molecule has 0 heterocycles. The van der Waals surface area contributed by atoms with Gasteiger partial charge >= 0.3 is 7.63 Å². The molecule has 0 unspecified atom stereocenters. The average Bonchev–Trinajstić information content (AvgIpc) is 1.30. The van der Waals surface area contributed by atoms with E-state index in [1.54, 1.807) is 0 Å². The Hall–Kier alpha value is 0.0469. The lowest BCUT2D eigenvalue weighted by atomic mass is 11.2. The van der Waals surface area contributed by atoms with Gasteiger partial charge in [0.15, 0.2) is 0 Å². The van der Waals surface area contributed by atoms with E-state index < -0.39 is 7.63 Å². The summed E-state index contributed by atoms with van der Waals surface area (Å²) in [6, 6.07) is 0. The van der Waals surface area contributed by atoms with E-state index in [4.69, 9.17) is 15.5 Å². The molecular formula is C4H9ClOSi. The molecule has 0 amide bonds. The van der Waals surface area contributed by atoms with Crippen molar-refractivity contribution in [1.29, 1.82) is 0 Å². The van der Waals surface area contributed by atoms with Crippen LogP contribution in [0.25, 0.3) is 0 Å². The first-order chi connectivity index (χ1) is 3.06. The molecule has 3 heteroatoms. The number of halogens is 1. The van der Waals surface area contributed by atoms with Gasteiger partial charge in [-0.1, -0.05) is 6.58 Å². The fourth-order valence-corrected chi connectivity index (χ4v) is 0.783. The molecule has 0 N–H and O–H groups in total. The number of hydrogen-bond donors (Lipinski definition) is 0. The lowest BCUT2D eigenvalue weighted by Gasteiger charge is -2.09. The highest BCUT2D eigenvalue weighted by Crippen LogP contribution is 2.07. The van der Waals surface area contributed by atoms with Crippen LogP contribution in [-0.4, -0.2) is 7.63 Å². The number of rotatable bonds is 2. The van der Waals surface area contributed by atoms with E-state index in [2.05, 4.69) is 6.58 Å². The van der Waals surface area contributed by atoms with E-state index in [-0.39, 0.29) is 0 Å². The van der Waals surface area contributed by atoms with Crippen molar-refractivity contribution < 1.29 is 4.43 Å². The Morgan fingerprint density at radius 1 is 1.71 bits per heavy atom. The van der Waals surface area contributed by atoms with Crippen molar-refractivity contribution in [1.82, 2.24) is 0 Å². The molecule has 0 aliphatic rings. The maximum Gasteiger partial charge on any atom is 0.340 e. The summed E-state index contributed by atoms with van der Waals surface area (Å²) in [5, 5.41) is 0. The molecule has 0 saturated heterocycles. The molecule has 0 radical (unpaired) electrons.